The predicted molar refractivity (Wildman–Crippen MR) is 127 cm³/mol. The van der Waals surface area contributed by atoms with Crippen LogP contribution in [0.3, 0.4) is 0 Å². The van der Waals surface area contributed by atoms with Gasteiger partial charge >= 0.3 is 11.9 Å². The molecule has 7 nitrogen and oxygen atoms in total. The summed E-state index contributed by atoms with van der Waals surface area (Å²) < 4.78 is 15.5. The van der Waals surface area contributed by atoms with Gasteiger partial charge in [0.15, 0.2) is 0 Å². The van der Waals surface area contributed by atoms with Crippen LogP contribution in [-0.4, -0.2) is 37.8 Å². The Hall–Kier alpha value is -3.84. The average molecular weight is 449 g/mol. The number of esters is 2. The molecule has 172 valence electrons. The van der Waals surface area contributed by atoms with E-state index in [1.165, 1.54) is 6.92 Å². The van der Waals surface area contributed by atoms with Crippen molar-refractivity contribution in [1.82, 2.24) is 0 Å². The second-order valence-electron chi connectivity index (χ2n) is 7.28. The van der Waals surface area contributed by atoms with E-state index in [-0.39, 0.29) is 26.2 Å². The van der Waals surface area contributed by atoms with E-state index in [0.29, 0.717) is 5.75 Å². The third-order valence-corrected chi connectivity index (χ3v) is 4.66. The minimum Gasteiger partial charge on any atom is -0.493 e. The van der Waals surface area contributed by atoms with Gasteiger partial charge in [0.05, 0.1) is 13.0 Å². The summed E-state index contributed by atoms with van der Waals surface area (Å²) in [6, 6.07) is 27.2. The first-order valence-corrected chi connectivity index (χ1v) is 10.8. The molecule has 3 aromatic rings. The quantitative estimate of drug-likeness (QED) is 0.344. The molecule has 0 spiro atoms. The largest absolute Gasteiger partial charge is 0.493 e. The van der Waals surface area contributed by atoms with Crippen LogP contribution in [0, 0.1) is 0 Å². The first-order valence-electron chi connectivity index (χ1n) is 10.8. The second kappa shape index (κ2) is 12.3. The average Bonchev–Trinajstić information content (AvgIpc) is 2.84. The highest BCUT2D eigenvalue weighted by atomic mass is 16.6. The standard InChI is InChI=1S/C26H28N2O5/c1-20(27)26(30)33-19-18-32-25(29)16-17-31-24-14-12-23(13-15-24)28(21-8-4-2-5-9-21)22-10-6-3-7-11-22/h2-15,20H,16-19,27H2,1H3. The minimum absolute atomic E-state index is 0.0131. The van der Waals surface area contributed by atoms with Crippen molar-refractivity contribution in [3.63, 3.8) is 0 Å². The Bertz CT molecular complexity index is 968. The number of hydrogen-bond donors (Lipinski definition) is 1. The van der Waals surface area contributed by atoms with Gasteiger partial charge in [-0.1, -0.05) is 36.4 Å². The fourth-order valence-electron chi connectivity index (χ4n) is 3.05. The van der Waals surface area contributed by atoms with E-state index in [1.807, 2.05) is 60.7 Å². The van der Waals surface area contributed by atoms with Gasteiger partial charge in [0.25, 0.3) is 0 Å². The summed E-state index contributed by atoms with van der Waals surface area (Å²) in [5.74, 6) is -0.308. The maximum atomic E-state index is 11.8. The molecule has 0 saturated carbocycles. The summed E-state index contributed by atoms with van der Waals surface area (Å²) in [5, 5.41) is 0. The van der Waals surface area contributed by atoms with Gasteiger partial charge in [-0.25, -0.2) is 0 Å². The fourth-order valence-corrected chi connectivity index (χ4v) is 3.05. The number of para-hydroxylation sites is 2. The number of hydrogen-bond acceptors (Lipinski definition) is 7. The second-order valence-corrected chi connectivity index (χ2v) is 7.28. The first kappa shape index (κ1) is 23.8. The van der Waals surface area contributed by atoms with Crippen LogP contribution in [0.15, 0.2) is 84.9 Å². The molecule has 1 unspecified atom stereocenters. The topological polar surface area (TPSA) is 91.1 Å². The number of anilines is 3. The van der Waals surface area contributed by atoms with Crippen molar-refractivity contribution in [2.75, 3.05) is 24.7 Å². The van der Waals surface area contributed by atoms with Crippen LogP contribution >= 0.6 is 0 Å². The summed E-state index contributed by atoms with van der Waals surface area (Å²) in [6.45, 7) is 1.67. The highest BCUT2D eigenvalue weighted by Crippen LogP contribution is 2.34. The number of nitrogens with zero attached hydrogens (tertiary/aromatic N) is 1. The normalized spacial score (nSPS) is 11.3. The van der Waals surface area contributed by atoms with E-state index in [0.717, 1.165) is 17.1 Å². The van der Waals surface area contributed by atoms with Gasteiger partial charge in [0, 0.05) is 17.1 Å². The zero-order valence-corrected chi connectivity index (χ0v) is 18.6. The molecule has 0 aliphatic carbocycles. The van der Waals surface area contributed by atoms with Gasteiger partial charge in [-0.15, -0.1) is 0 Å². The lowest BCUT2D eigenvalue weighted by Crippen LogP contribution is -2.29. The molecule has 0 fully saturated rings. The zero-order chi connectivity index (χ0) is 23.5. The first-order chi connectivity index (χ1) is 16.0. The van der Waals surface area contributed by atoms with Crippen LogP contribution in [0.4, 0.5) is 17.1 Å². The smallest absolute Gasteiger partial charge is 0.322 e. The highest BCUT2D eigenvalue weighted by molar-refractivity contribution is 5.76. The molecule has 0 saturated heterocycles. The molecule has 0 radical (unpaired) electrons. The third-order valence-electron chi connectivity index (χ3n) is 4.66. The summed E-state index contributed by atoms with van der Waals surface area (Å²) in [5.41, 5.74) is 8.46. The number of ether oxygens (including phenoxy) is 3. The maximum absolute atomic E-state index is 11.8. The van der Waals surface area contributed by atoms with Crippen molar-refractivity contribution < 1.29 is 23.8 Å². The molecular weight excluding hydrogens is 420 g/mol. The van der Waals surface area contributed by atoms with Crippen LogP contribution in [0.25, 0.3) is 0 Å². The van der Waals surface area contributed by atoms with E-state index in [4.69, 9.17) is 19.9 Å². The molecule has 0 aliphatic heterocycles. The highest BCUT2D eigenvalue weighted by Gasteiger charge is 2.12. The number of carbonyl (C=O) groups excluding carboxylic acids is 2. The van der Waals surface area contributed by atoms with Crippen LogP contribution in [0.2, 0.25) is 0 Å². The summed E-state index contributed by atoms with van der Waals surface area (Å²) in [7, 11) is 0. The molecule has 1 atom stereocenters. The third kappa shape index (κ3) is 7.36. The molecule has 0 amide bonds. The van der Waals surface area contributed by atoms with Gasteiger partial charge in [0.2, 0.25) is 0 Å². The van der Waals surface area contributed by atoms with Gasteiger partial charge in [0.1, 0.15) is 25.0 Å². The van der Waals surface area contributed by atoms with Crippen molar-refractivity contribution in [2.24, 2.45) is 5.73 Å². The molecule has 33 heavy (non-hydrogen) atoms. The summed E-state index contributed by atoms with van der Waals surface area (Å²) in [4.78, 5) is 25.2. The van der Waals surface area contributed by atoms with Crippen LogP contribution in [0.1, 0.15) is 13.3 Å². The molecule has 0 aromatic heterocycles. The van der Waals surface area contributed by atoms with E-state index in [1.54, 1.807) is 0 Å². The Balaban J connectivity index is 1.51. The Kier molecular flexibility index (Phi) is 8.85. The Labute approximate surface area is 193 Å². The Morgan fingerprint density at radius 2 is 1.27 bits per heavy atom. The van der Waals surface area contributed by atoms with E-state index in [2.05, 4.69) is 29.2 Å². The number of carbonyl (C=O) groups is 2. The van der Waals surface area contributed by atoms with Gasteiger partial charge < -0.3 is 24.8 Å². The molecule has 7 heteroatoms. The molecular formula is C26H28N2O5. The molecule has 3 rings (SSSR count). The summed E-state index contributed by atoms with van der Waals surface area (Å²) in [6.07, 6.45) is 0.0865. The fraction of sp³-hybridized carbons (Fsp3) is 0.231. The lowest BCUT2D eigenvalue weighted by atomic mass is 10.2. The van der Waals surface area contributed by atoms with Crippen molar-refractivity contribution in [3.05, 3.63) is 84.9 Å². The molecule has 2 N–H and O–H groups in total. The molecule has 0 heterocycles. The van der Waals surface area contributed by atoms with E-state index >= 15 is 0 Å². The van der Waals surface area contributed by atoms with Crippen LogP contribution in [-0.2, 0) is 19.1 Å². The van der Waals surface area contributed by atoms with Crippen molar-refractivity contribution >= 4 is 29.0 Å². The monoisotopic (exact) mass is 448 g/mol. The van der Waals surface area contributed by atoms with Crippen molar-refractivity contribution in [2.45, 2.75) is 19.4 Å². The Morgan fingerprint density at radius 3 is 1.82 bits per heavy atom. The van der Waals surface area contributed by atoms with Crippen molar-refractivity contribution in [3.8, 4) is 5.75 Å². The number of nitrogens with two attached hydrogens (primary N) is 1. The van der Waals surface area contributed by atoms with Crippen LogP contribution < -0.4 is 15.4 Å². The maximum Gasteiger partial charge on any atom is 0.322 e. The van der Waals surface area contributed by atoms with Gasteiger partial charge in [-0.3, -0.25) is 9.59 Å². The van der Waals surface area contributed by atoms with Crippen LogP contribution in [0.5, 0.6) is 5.75 Å². The van der Waals surface area contributed by atoms with Gasteiger partial charge in [-0.2, -0.15) is 0 Å². The molecule has 3 aromatic carbocycles. The lowest BCUT2D eigenvalue weighted by Gasteiger charge is -2.25. The zero-order valence-electron chi connectivity index (χ0n) is 18.6. The predicted octanol–water partition coefficient (Wildman–Crippen LogP) is 4.36. The van der Waals surface area contributed by atoms with Crippen molar-refractivity contribution in [1.29, 1.82) is 0 Å². The van der Waals surface area contributed by atoms with Gasteiger partial charge in [-0.05, 0) is 55.5 Å². The summed E-state index contributed by atoms with van der Waals surface area (Å²) >= 11 is 0. The SMILES string of the molecule is CC(N)C(=O)OCCOC(=O)CCOc1ccc(N(c2ccccc2)c2ccccc2)cc1. The number of rotatable bonds is 11. The van der Waals surface area contributed by atoms with E-state index < -0.39 is 18.0 Å². The molecule has 0 aliphatic rings. The lowest BCUT2D eigenvalue weighted by molar-refractivity contribution is -0.153. The molecule has 0 bridgehead atoms. The Morgan fingerprint density at radius 1 is 0.758 bits per heavy atom. The minimum atomic E-state index is -0.701. The number of benzene rings is 3. The van der Waals surface area contributed by atoms with E-state index in [9.17, 15) is 9.59 Å².